The van der Waals surface area contributed by atoms with Crippen molar-refractivity contribution >= 4 is 0 Å². The van der Waals surface area contributed by atoms with E-state index in [0.717, 1.165) is 0 Å². The first-order chi connectivity index (χ1) is 6.12. The summed E-state index contributed by atoms with van der Waals surface area (Å²) in [4.78, 5) is 0. The van der Waals surface area contributed by atoms with Gasteiger partial charge in [0.2, 0.25) is 0 Å². The van der Waals surface area contributed by atoms with E-state index in [-0.39, 0.29) is 11.1 Å². The lowest BCUT2D eigenvalue weighted by atomic mass is 9.79. The number of hydrogen-bond acceptors (Lipinski definition) is 3. The first-order valence-corrected chi connectivity index (χ1v) is 5.36. The molecule has 1 saturated heterocycles. The Morgan fingerprint density at radius 2 is 1.14 bits per heavy atom. The molecule has 0 spiro atoms. The van der Waals surface area contributed by atoms with Crippen LogP contribution < -0.4 is 5.32 Å². The van der Waals surface area contributed by atoms with Gasteiger partial charge >= 0.3 is 0 Å². The number of nitrogens with one attached hydrogen (secondary N) is 1. The van der Waals surface area contributed by atoms with Crippen LogP contribution in [0.15, 0.2) is 0 Å². The first kappa shape index (κ1) is 13.9. The van der Waals surface area contributed by atoms with Crippen molar-refractivity contribution in [3.63, 3.8) is 0 Å². The highest BCUT2D eigenvalue weighted by Crippen LogP contribution is 2.33. The summed E-state index contributed by atoms with van der Waals surface area (Å²) in [6, 6.07) is 0. The van der Waals surface area contributed by atoms with Gasteiger partial charge in [-0.1, -0.05) is 13.8 Å². The highest BCUT2D eigenvalue weighted by molar-refractivity contribution is 4.99. The zero-order chi connectivity index (χ0) is 11.6. The molecule has 0 amide bonds. The second-order valence-corrected chi connectivity index (χ2v) is 5.23. The molecule has 14 heavy (non-hydrogen) atoms. The van der Waals surface area contributed by atoms with Gasteiger partial charge in [-0.2, -0.15) is 0 Å². The van der Waals surface area contributed by atoms with Gasteiger partial charge in [0, 0.05) is 23.9 Å². The summed E-state index contributed by atoms with van der Waals surface area (Å²) in [6.45, 7) is 11.9. The molecule has 86 valence electrons. The molecule has 3 heteroatoms. The summed E-state index contributed by atoms with van der Waals surface area (Å²) in [5.74, 6) is -1.52. The van der Waals surface area contributed by atoms with E-state index in [1.165, 1.54) is 0 Å². The van der Waals surface area contributed by atoms with Crippen LogP contribution in [0.25, 0.3) is 0 Å². The Morgan fingerprint density at radius 3 is 1.36 bits per heavy atom. The topological polar surface area (TPSA) is 52.5 Å². The average molecular weight is 203 g/mol. The van der Waals surface area contributed by atoms with E-state index in [1.54, 1.807) is 0 Å². The average Bonchev–Trinajstić information content (AvgIpc) is 1.79. The molecule has 1 aliphatic heterocycles. The molecule has 1 fully saturated rings. The van der Waals surface area contributed by atoms with Crippen LogP contribution in [0.1, 0.15) is 54.4 Å². The Morgan fingerprint density at radius 1 is 0.857 bits per heavy atom. The maximum Gasteiger partial charge on any atom is 0.165 e. The molecule has 1 heterocycles. The third-order valence-corrected chi connectivity index (χ3v) is 2.13. The van der Waals surface area contributed by atoms with Crippen LogP contribution >= 0.6 is 0 Å². The second-order valence-electron chi connectivity index (χ2n) is 5.23. The summed E-state index contributed by atoms with van der Waals surface area (Å²) < 4.78 is 0. The zero-order valence-electron chi connectivity index (χ0n) is 10.3. The monoisotopic (exact) mass is 203 g/mol. The molecule has 0 saturated carbocycles. The molecule has 3 nitrogen and oxygen atoms in total. The highest BCUT2D eigenvalue weighted by Gasteiger charge is 2.44. The van der Waals surface area contributed by atoms with Crippen LogP contribution in [-0.4, -0.2) is 27.1 Å². The zero-order valence-corrected chi connectivity index (χ0v) is 10.3. The summed E-state index contributed by atoms with van der Waals surface area (Å²) >= 11 is 0. The Labute approximate surface area is 87.5 Å². The van der Waals surface area contributed by atoms with E-state index in [0.29, 0.717) is 12.8 Å². The van der Waals surface area contributed by atoms with E-state index in [1.807, 2.05) is 41.5 Å². The van der Waals surface area contributed by atoms with Gasteiger partial charge in [-0.3, -0.25) is 0 Å². The maximum atomic E-state index is 9.56. The number of rotatable bonds is 0. The molecular weight excluding hydrogens is 178 g/mol. The molecule has 0 aliphatic carbocycles. The lowest BCUT2D eigenvalue weighted by molar-refractivity contribution is -0.209. The molecule has 0 bridgehead atoms. The van der Waals surface area contributed by atoms with Crippen LogP contribution in [0.2, 0.25) is 0 Å². The minimum atomic E-state index is -1.52. The SMILES string of the molecule is CC.CC1(C)CC(O)(O)CC(C)(C)N1. The highest BCUT2D eigenvalue weighted by atomic mass is 16.5. The molecular formula is C11H25NO2. The van der Waals surface area contributed by atoms with Gasteiger partial charge in [-0.25, -0.2) is 0 Å². The van der Waals surface area contributed by atoms with E-state index >= 15 is 0 Å². The molecule has 3 N–H and O–H groups in total. The molecule has 0 radical (unpaired) electrons. The van der Waals surface area contributed by atoms with Gasteiger partial charge in [0.25, 0.3) is 0 Å². The van der Waals surface area contributed by atoms with Gasteiger partial charge in [0.1, 0.15) is 0 Å². The number of hydrogen-bond donors (Lipinski definition) is 3. The van der Waals surface area contributed by atoms with Gasteiger partial charge in [0.15, 0.2) is 5.79 Å². The maximum absolute atomic E-state index is 9.56. The van der Waals surface area contributed by atoms with Crippen LogP contribution in [0.3, 0.4) is 0 Å². The van der Waals surface area contributed by atoms with Crippen LogP contribution in [0.5, 0.6) is 0 Å². The van der Waals surface area contributed by atoms with Crippen molar-refractivity contribution in [3.05, 3.63) is 0 Å². The quantitative estimate of drug-likeness (QED) is 0.525. The Balaban J connectivity index is 0.000000791. The largest absolute Gasteiger partial charge is 0.365 e. The van der Waals surface area contributed by atoms with Crippen molar-refractivity contribution in [2.24, 2.45) is 0 Å². The van der Waals surface area contributed by atoms with Gasteiger partial charge in [-0.15, -0.1) is 0 Å². The predicted molar refractivity (Wildman–Crippen MR) is 59.0 cm³/mol. The molecule has 0 aromatic rings. The number of piperidine rings is 1. The smallest absolute Gasteiger partial charge is 0.165 e. The van der Waals surface area contributed by atoms with Crippen molar-refractivity contribution in [2.75, 3.05) is 0 Å². The van der Waals surface area contributed by atoms with Crippen LogP contribution in [0.4, 0.5) is 0 Å². The standard InChI is InChI=1S/C9H19NO2.C2H6/c1-7(2)5-9(11,12)6-8(3,4)10-7;1-2/h10-12H,5-6H2,1-4H3;1-2H3. The van der Waals surface area contributed by atoms with E-state index < -0.39 is 5.79 Å². The van der Waals surface area contributed by atoms with E-state index in [9.17, 15) is 10.2 Å². The van der Waals surface area contributed by atoms with Crippen LogP contribution in [0, 0.1) is 0 Å². The van der Waals surface area contributed by atoms with Crippen molar-refractivity contribution < 1.29 is 10.2 Å². The normalized spacial score (nSPS) is 27.4. The van der Waals surface area contributed by atoms with Crippen molar-refractivity contribution in [1.29, 1.82) is 0 Å². The Hall–Kier alpha value is -0.120. The van der Waals surface area contributed by atoms with Crippen molar-refractivity contribution in [2.45, 2.75) is 71.2 Å². The predicted octanol–water partition coefficient (Wildman–Crippen LogP) is 1.63. The van der Waals surface area contributed by atoms with Gasteiger partial charge in [-0.05, 0) is 27.7 Å². The fourth-order valence-electron chi connectivity index (χ4n) is 2.48. The Bertz CT molecular complexity index is 140. The third-order valence-electron chi connectivity index (χ3n) is 2.13. The summed E-state index contributed by atoms with van der Waals surface area (Å²) in [6.07, 6.45) is 0.757. The minimum Gasteiger partial charge on any atom is -0.365 e. The second kappa shape index (κ2) is 4.17. The van der Waals surface area contributed by atoms with E-state index in [2.05, 4.69) is 5.32 Å². The minimum absolute atomic E-state index is 0.203. The fourth-order valence-corrected chi connectivity index (χ4v) is 2.48. The summed E-state index contributed by atoms with van der Waals surface area (Å²) in [5.41, 5.74) is -0.406. The first-order valence-electron chi connectivity index (χ1n) is 5.36. The Kier molecular flexibility index (Phi) is 4.13. The molecule has 0 aromatic carbocycles. The van der Waals surface area contributed by atoms with Gasteiger partial charge in [0.05, 0.1) is 0 Å². The fraction of sp³-hybridized carbons (Fsp3) is 1.00. The van der Waals surface area contributed by atoms with Crippen molar-refractivity contribution in [1.82, 2.24) is 5.32 Å². The molecule has 1 aliphatic rings. The summed E-state index contributed by atoms with van der Waals surface area (Å²) in [5, 5.41) is 22.5. The van der Waals surface area contributed by atoms with E-state index in [4.69, 9.17) is 0 Å². The molecule has 0 unspecified atom stereocenters. The molecule has 1 rings (SSSR count). The lowest BCUT2D eigenvalue weighted by Gasteiger charge is -2.48. The molecule has 0 atom stereocenters. The summed E-state index contributed by atoms with van der Waals surface area (Å²) in [7, 11) is 0. The molecule has 0 aromatic heterocycles. The van der Waals surface area contributed by atoms with Gasteiger partial charge < -0.3 is 15.5 Å². The van der Waals surface area contributed by atoms with Crippen molar-refractivity contribution in [3.8, 4) is 0 Å². The third kappa shape index (κ3) is 4.40. The lowest BCUT2D eigenvalue weighted by Crippen LogP contribution is -2.63. The number of aliphatic hydroxyl groups is 2. The van der Waals surface area contributed by atoms with Crippen LogP contribution in [-0.2, 0) is 0 Å².